The van der Waals surface area contributed by atoms with E-state index in [1.165, 1.54) is 16.4 Å². The summed E-state index contributed by atoms with van der Waals surface area (Å²) in [6.07, 6.45) is 4.76. The Kier molecular flexibility index (Phi) is 6.49. The molecule has 0 atom stereocenters. The second kappa shape index (κ2) is 9.29. The number of likely N-dealkylation sites (tertiary alicyclic amines) is 1. The Hall–Kier alpha value is -2.56. The van der Waals surface area contributed by atoms with Crippen molar-refractivity contribution in [1.29, 1.82) is 0 Å². The lowest BCUT2D eigenvalue weighted by Gasteiger charge is -2.31. The molecule has 1 aromatic carbocycles. The first-order valence-electron chi connectivity index (χ1n) is 10.4. The Labute approximate surface area is 182 Å². The number of nitrogens with zero attached hydrogens (tertiary/aromatic N) is 4. The van der Waals surface area contributed by atoms with Crippen LogP contribution in [0.25, 0.3) is 0 Å². The van der Waals surface area contributed by atoms with Crippen LogP contribution in [0.15, 0.2) is 41.6 Å². The number of sulfonamides is 1. The number of hydrogen-bond donors (Lipinski definition) is 0. The van der Waals surface area contributed by atoms with E-state index in [1.807, 2.05) is 6.92 Å². The first-order chi connectivity index (χ1) is 14.9. The number of carbonyl (C=O) groups excluding carboxylic acids is 1. The molecule has 4 rings (SSSR count). The van der Waals surface area contributed by atoms with Gasteiger partial charge in [-0.2, -0.15) is 4.31 Å². The Morgan fingerprint density at radius 1 is 1.03 bits per heavy atom. The molecule has 2 aromatic rings. The molecule has 0 bridgehead atoms. The van der Waals surface area contributed by atoms with E-state index in [-0.39, 0.29) is 16.9 Å². The van der Waals surface area contributed by atoms with Gasteiger partial charge in [0.15, 0.2) is 0 Å². The van der Waals surface area contributed by atoms with Gasteiger partial charge in [-0.1, -0.05) is 0 Å². The Morgan fingerprint density at radius 2 is 1.65 bits per heavy atom. The van der Waals surface area contributed by atoms with Crippen molar-refractivity contribution in [3.8, 4) is 6.01 Å². The van der Waals surface area contributed by atoms with E-state index in [0.717, 1.165) is 5.56 Å². The largest absolute Gasteiger partial charge is 0.460 e. The van der Waals surface area contributed by atoms with E-state index in [4.69, 9.17) is 9.47 Å². The molecule has 0 aliphatic carbocycles. The lowest BCUT2D eigenvalue weighted by Crippen LogP contribution is -2.42. The van der Waals surface area contributed by atoms with E-state index in [0.29, 0.717) is 63.8 Å². The summed E-state index contributed by atoms with van der Waals surface area (Å²) in [7, 11) is -3.57. The molecular weight excluding hydrogens is 420 g/mol. The van der Waals surface area contributed by atoms with Crippen molar-refractivity contribution in [3.05, 3.63) is 47.8 Å². The summed E-state index contributed by atoms with van der Waals surface area (Å²) in [6.45, 7) is 4.50. The lowest BCUT2D eigenvalue weighted by molar-refractivity contribution is 0.0578. The molecule has 0 unspecified atom stereocenters. The maximum atomic E-state index is 12.8. The van der Waals surface area contributed by atoms with E-state index in [2.05, 4.69) is 9.97 Å². The van der Waals surface area contributed by atoms with Gasteiger partial charge in [-0.25, -0.2) is 18.4 Å². The molecule has 1 aromatic heterocycles. The number of ether oxygens (including phenoxy) is 2. The molecular formula is C21H26N4O5S. The summed E-state index contributed by atoms with van der Waals surface area (Å²) in [4.78, 5) is 23.1. The fourth-order valence-corrected chi connectivity index (χ4v) is 5.06. The van der Waals surface area contributed by atoms with Crippen molar-refractivity contribution in [2.24, 2.45) is 0 Å². The van der Waals surface area contributed by atoms with Crippen LogP contribution >= 0.6 is 0 Å². The maximum absolute atomic E-state index is 12.8. The van der Waals surface area contributed by atoms with Crippen LogP contribution in [0.5, 0.6) is 6.01 Å². The highest BCUT2D eigenvalue weighted by Gasteiger charge is 2.28. The van der Waals surface area contributed by atoms with Gasteiger partial charge in [-0.3, -0.25) is 4.79 Å². The van der Waals surface area contributed by atoms with Crippen LogP contribution in [0.4, 0.5) is 0 Å². The number of piperidine rings is 1. The number of morpholine rings is 1. The van der Waals surface area contributed by atoms with Gasteiger partial charge in [-0.15, -0.1) is 0 Å². The van der Waals surface area contributed by atoms with Gasteiger partial charge in [0, 0.05) is 57.0 Å². The minimum atomic E-state index is -3.57. The van der Waals surface area contributed by atoms with Crippen LogP contribution in [-0.4, -0.2) is 79.0 Å². The molecule has 0 radical (unpaired) electrons. The average Bonchev–Trinajstić information content (AvgIpc) is 2.81. The van der Waals surface area contributed by atoms with Crippen LogP contribution in [-0.2, 0) is 14.8 Å². The third kappa shape index (κ3) is 5.03. The molecule has 31 heavy (non-hydrogen) atoms. The minimum Gasteiger partial charge on any atom is -0.460 e. The number of aryl methyl sites for hydroxylation is 1. The zero-order chi connectivity index (χ0) is 21.8. The first kappa shape index (κ1) is 21.7. The summed E-state index contributed by atoms with van der Waals surface area (Å²) >= 11 is 0. The molecule has 9 nitrogen and oxygen atoms in total. The smallest absolute Gasteiger partial charge is 0.316 e. The average molecular weight is 447 g/mol. The van der Waals surface area contributed by atoms with Crippen LogP contribution < -0.4 is 4.74 Å². The third-order valence-corrected chi connectivity index (χ3v) is 7.38. The molecule has 2 fully saturated rings. The highest BCUT2D eigenvalue weighted by atomic mass is 32.2. The van der Waals surface area contributed by atoms with Crippen molar-refractivity contribution in [1.82, 2.24) is 19.2 Å². The van der Waals surface area contributed by atoms with Crippen molar-refractivity contribution in [2.45, 2.75) is 30.8 Å². The molecule has 0 N–H and O–H groups in total. The molecule has 3 heterocycles. The van der Waals surface area contributed by atoms with Gasteiger partial charge in [0.25, 0.3) is 5.91 Å². The van der Waals surface area contributed by atoms with E-state index < -0.39 is 10.0 Å². The number of carbonyl (C=O) groups is 1. The van der Waals surface area contributed by atoms with Gasteiger partial charge >= 0.3 is 6.01 Å². The third-order valence-electron chi connectivity index (χ3n) is 5.47. The molecule has 0 spiro atoms. The summed E-state index contributed by atoms with van der Waals surface area (Å²) in [5.74, 6) is -0.111. The summed E-state index contributed by atoms with van der Waals surface area (Å²) in [5.41, 5.74) is 1.44. The van der Waals surface area contributed by atoms with Crippen LogP contribution in [0.2, 0.25) is 0 Å². The van der Waals surface area contributed by atoms with E-state index in [9.17, 15) is 13.2 Å². The van der Waals surface area contributed by atoms with E-state index in [1.54, 1.807) is 29.4 Å². The Balaban J connectivity index is 1.34. The van der Waals surface area contributed by atoms with Crippen LogP contribution in [0, 0.1) is 6.92 Å². The van der Waals surface area contributed by atoms with Crippen molar-refractivity contribution >= 4 is 15.9 Å². The summed E-state index contributed by atoms with van der Waals surface area (Å²) in [5, 5.41) is 0. The predicted octanol–water partition coefficient (Wildman–Crippen LogP) is 1.49. The number of hydrogen-bond acceptors (Lipinski definition) is 7. The predicted molar refractivity (Wildman–Crippen MR) is 112 cm³/mol. The zero-order valence-corrected chi connectivity index (χ0v) is 18.3. The minimum absolute atomic E-state index is 0.0344. The van der Waals surface area contributed by atoms with Gasteiger partial charge in [0.05, 0.1) is 18.1 Å². The number of amides is 1. The van der Waals surface area contributed by atoms with Crippen molar-refractivity contribution < 1.29 is 22.7 Å². The topological polar surface area (TPSA) is 102 Å². The quantitative estimate of drug-likeness (QED) is 0.686. The first-order valence-corrected chi connectivity index (χ1v) is 11.8. The second-order valence-electron chi connectivity index (χ2n) is 7.69. The maximum Gasteiger partial charge on any atom is 0.316 e. The van der Waals surface area contributed by atoms with Gasteiger partial charge in [0.2, 0.25) is 10.0 Å². The van der Waals surface area contributed by atoms with Gasteiger partial charge in [-0.05, 0) is 36.8 Å². The standard InChI is InChI=1S/C21H26N4O5S/c1-16-14-22-21(23-15-16)30-18-6-8-24(9-7-18)20(26)17-2-4-19(5-3-17)31(27,28)25-10-12-29-13-11-25/h2-5,14-15,18H,6-13H2,1H3. The monoisotopic (exact) mass is 446 g/mol. The summed E-state index contributed by atoms with van der Waals surface area (Å²) < 4.78 is 37.9. The van der Waals surface area contributed by atoms with Gasteiger partial charge < -0.3 is 14.4 Å². The highest BCUT2D eigenvalue weighted by molar-refractivity contribution is 7.89. The molecule has 1 amide bonds. The normalized spacial score (nSPS) is 18.7. The summed E-state index contributed by atoms with van der Waals surface area (Å²) in [6, 6.07) is 6.52. The molecule has 0 saturated carbocycles. The zero-order valence-electron chi connectivity index (χ0n) is 17.4. The number of benzene rings is 1. The molecule has 2 saturated heterocycles. The number of rotatable bonds is 5. The van der Waals surface area contributed by atoms with Crippen LogP contribution in [0.1, 0.15) is 28.8 Å². The van der Waals surface area contributed by atoms with E-state index >= 15 is 0 Å². The Morgan fingerprint density at radius 3 is 2.26 bits per heavy atom. The highest BCUT2D eigenvalue weighted by Crippen LogP contribution is 2.21. The SMILES string of the molecule is Cc1cnc(OC2CCN(C(=O)c3ccc(S(=O)(=O)N4CCOCC4)cc3)CC2)nc1. The molecule has 10 heteroatoms. The number of aromatic nitrogens is 2. The van der Waals surface area contributed by atoms with Crippen molar-refractivity contribution in [3.63, 3.8) is 0 Å². The fraction of sp³-hybridized carbons (Fsp3) is 0.476. The molecule has 2 aliphatic heterocycles. The second-order valence-corrected chi connectivity index (χ2v) is 9.63. The van der Waals surface area contributed by atoms with Gasteiger partial charge in [0.1, 0.15) is 6.10 Å². The molecule has 166 valence electrons. The van der Waals surface area contributed by atoms with Crippen molar-refractivity contribution in [2.75, 3.05) is 39.4 Å². The lowest BCUT2D eigenvalue weighted by atomic mass is 10.1. The Bertz CT molecular complexity index is 997. The molecule has 2 aliphatic rings. The fourth-order valence-electron chi connectivity index (χ4n) is 3.66. The van der Waals surface area contributed by atoms with Crippen LogP contribution in [0.3, 0.4) is 0 Å².